The van der Waals surface area contributed by atoms with Gasteiger partial charge in [0.05, 0.1) is 6.04 Å². The molecule has 2 atom stereocenters. The zero-order chi connectivity index (χ0) is 21.6. The van der Waals surface area contributed by atoms with E-state index in [4.69, 9.17) is 14.2 Å². The second-order valence-corrected chi connectivity index (χ2v) is 7.21. The van der Waals surface area contributed by atoms with Crippen LogP contribution in [0, 0.1) is 0 Å². The Hall–Kier alpha value is -3.80. The largest absolute Gasteiger partial charge is 0.485 e. The minimum atomic E-state index is -0.997. The predicted octanol–water partition coefficient (Wildman–Crippen LogP) is 3.66. The lowest BCUT2D eigenvalue weighted by Crippen LogP contribution is -2.43. The topological polar surface area (TPSA) is 73.9 Å². The van der Waals surface area contributed by atoms with Crippen molar-refractivity contribution in [3.63, 3.8) is 0 Å². The maximum Gasteiger partial charge on any atom is 0.351 e. The van der Waals surface area contributed by atoms with Crippen LogP contribution in [0.3, 0.4) is 0 Å². The average Bonchev–Trinajstić information content (AvgIpc) is 2.83. The van der Waals surface area contributed by atoms with Gasteiger partial charge >= 0.3 is 5.97 Å². The number of carbonyl (C=O) groups is 2. The molecule has 6 nitrogen and oxygen atoms in total. The summed E-state index contributed by atoms with van der Waals surface area (Å²) in [4.78, 5) is 25.4. The Balaban J connectivity index is 1.42. The van der Waals surface area contributed by atoms with Crippen LogP contribution in [0.15, 0.2) is 84.9 Å². The van der Waals surface area contributed by atoms with Gasteiger partial charge in [0, 0.05) is 0 Å². The van der Waals surface area contributed by atoms with Gasteiger partial charge in [-0.3, -0.25) is 4.79 Å². The Bertz CT molecular complexity index is 999. The standard InChI is InChI=1S/C25H23NO5/c1-17(30-25(28)22-16-29-20-14-8-9-15-21(20)31-22)24(27)26-23(18-10-4-2-5-11-18)19-12-6-3-7-13-19/h2-15,17,22-23H,16H2,1H3,(H,26,27)/t17-,22+/m0/s1. The van der Waals surface area contributed by atoms with Crippen LogP contribution in [-0.2, 0) is 14.3 Å². The van der Waals surface area contributed by atoms with Gasteiger partial charge in [0.25, 0.3) is 5.91 Å². The van der Waals surface area contributed by atoms with E-state index in [9.17, 15) is 9.59 Å². The molecule has 158 valence electrons. The molecule has 0 spiro atoms. The van der Waals surface area contributed by atoms with Gasteiger partial charge in [-0.2, -0.15) is 0 Å². The van der Waals surface area contributed by atoms with Crippen molar-refractivity contribution < 1.29 is 23.8 Å². The second kappa shape index (κ2) is 9.34. The van der Waals surface area contributed by atoms with Crippen LogP contribution in [0.2, 0.25) is 0 Å². The van der Waals surface area contributed by atoms with Crippen LogP contribution in [0.1, 0.15) is 24.1 Å². The number of amides is 1. The highest BCUT2D eigenvalue weighted by Gasteiger charge is 2.31. The number of ether oxygens (including phenoxy) is 3. The molecular formula is C25H23NO5. The summed E-state index contributed by atoms with van der Waals surface area (Å²) in [6.45, 7) is 1.57. The summed E-state index contributed by atoms with van der Waals surface area (Å²) in [6.07, 6.45) is -1.92. The van der Waals surface area contributed by atoms with Gasteiger partial charge in [-0.15, -0.1) is 0 Å². The number of hydrogen-bond donors (Lipinski definition) is 1. The molecule has 1 N–H and O–H groups in total. The van der Waals surface area contributed by atoms with Gasteiger partial charge in [0.2, 0.25) is 6.10 Å². The minimum absolute atomic E-state index is 0.0286. The van der Waals surface area contributed by atoms with E-state index in [-0.39, 0.29) is 12.6 Å². The van der Waals surface area contributed by atoms with Crippen molar-refractivity contribution in [2.75, 3.05) is 6.61 Å². The molecule has 4 rings (SSSR count). The van der Waals surface area contributed by atoms with E-state index in [2.05, 4.69) is 5.32 Å². The van der Waals surface area contributed by atoms with Gasteiger partial charge < -0.3 is 19.5 Å². The Morgan fingerprint density at radius 1 is 0.871 bits per heavy atom. The van der Waals surface area contributed by atoms with Crippen LogP contribution in [0.25, 0.3) is 0 Å². The summed E-state index contributed by atoms with van der Waals surface area (Å²) in [5, 5.41) is 2.99. The van der Waals surface area contributed by atoms with E-state index >= 15 is 0 Å². The number of hydrogen-bond acceptors (Lipinski definition) is 5. The zero-order valence-electron chi connectivity index (χ0n) is 17.1. The van der Waals surface area contributed by atoms with E-state index in [0.29, 0.717) is 11.5 Å². The van der Waals surface area contributed by atoms with Crippen molar-refractivity contribution in [3.05, 3.63) is 96.1 Å². The van der Waals surface area contributed by atoms with Gasteiger partial charge in [0.1, 0.15) is 6.61 Å². The molecule has 0 saturated heterocycles. The molecule has 0 bridgehead atoms. The summed E-state index contributed by atoms with van der Waals surface area (Å²) in [6, 6.07) is 26.0. The molecule has 0 aliphatic carbocycles. The monoisotopic (exact) mass is 417 g/mol. The number of rotatable bonds is 6. The van der Waals surface area contributed by atoms with Crippen LogP contribution < -0.4 is 14.8 Å². The lowest BCUT2D eigenvalue weighted by atomic mass is 9.98. The Kier molecular flexibility index (Phi) is 6.17. The highest BCUT2D eigenvalue weighted by molar-refractivity contribution is 5.85. The number of carbonyl (C=O) groups excluding carboxylic acids is 2. The number of esters is 1. The molecule has 1 aliphatic heterocycles. The van der Waals surface area contributed by atoms with Crippen LogP contribution >= 0.6 is 0 Å². The summed E-state index contributed by atoms with van der Waals surface area (Å²) in [5.74, 6) is 0.00300. The first kappa shape index (κ1) is 20.5. The SMILES string of the molecule is C[C@H](OC(=O)[C@H]1COc2ccccc2O1)C(=O)NC(c1ccccc1)c1ccccc1. The highest BCUT2D eigenvalue weighted by atomic mass is 16.6. The molecule has 0 fully saturated rings. The fraction of sp³-hybridized carbons (Fsp3) is 0.200. The predicted molar refractivity (Wildman–Crippen MR) is 115 cm³/mol. The maximum atomic E-state index is 12.9. The molecule has 1 heterocycles. The van der Waals surface area contributed by atoms with E-state index < -0.39 is 24.1 Å². The molecule has 1 amide bonds. The quantitative estimate of drug-likeness (QED) is 0.620. The normalized spacial score (nSPS) is 15.7. The van der Waals surface area contributed by atoms with E-state index in [0.717, 1.165) is 11.1 Å². The summed E-state index contributed by atoms with van der Waals surface area (Å²) >= 11 is 0. The smallest absolute Gasteiger partial charge is 0.351 e. The van der Waals surface area contributed by atoms with Crippen LogP contribution in [-0.4, -0.2) is 30.7 Å². The Morgan fingerprint density at radius 2 is 1.42 bits per heavy atom. The van der Waals surface area contributed by atoms with Crippen molar-refractivity contribution >= 4 is 11.9 Å². The molecule has 1 aliphatic rings. The maximum absolute atomic E-state index is 12.9. The Labute approximate surface area is 180 Å². The average molecular weight is 417 g/mol. The van der Waals surface area contributed by atoms with Crippen molar-refractivity contribution in [2.45, 2.75) is 25.2 Å². The fourth-order valence-electron chi connectivity index (χ4n) is 3.35. The third kappa shape index (κ3) is 4.86. The van der Waals surface area contributed by atoms with E-state index in [1.54, 1.807) is 18.2 Å². The van der Waals surface area contributed by atoms with Gasteiger partial charge in [-0.05, 0) is 30.2 Å². The lowest BCUT2D eigenvalue weighted by molar-refractivity contribution is -0.163. The molecule has 0 radical (unpaired) electrons. The molecule has 6 heteroatoms. The molecule has 3 aromatic rings. The van der Waals surface area contributed by atoms with Crippen molar-refractivity contribution in [1.82, 2.24) is 5.32 Å². The van der Waals surface area contributed by atoms with Gasteiger partial charge in [-0.25, -0.2) is 4.79 Å². The fourth-order valence-corrected chi connectivity index (χ4v) is 3.35. The van der Waals surface area contributed by atoms with Crippen molar-refractivity contribution in [3.8, 4) is 11.5 Å². The van der Waals surface area contributed by atoms with E-state index in [1.165, 1.54) is 6.92 Å². The molecule has 3 aromatic carbocycles. The molecule has 31 heavy (non-hydrogen) atoms. The van der Waals surface area contributed by atoms with Crippen LogP contribution in [0.5, 0.6) is 11.5 Å². The van der Waals surface area contributed by atoms with Gasteiger partial charge in [-0.1, -0.05) is 72.8 Å². The zero-order valence-corrected chi connectivity index (χ0v) is 17.1. The third-order valence-corrected chi connectivity index (χ3v) is 4.99. The molecular weight excluding hydrogens is 394 g/mol. The van der Waals surface area contributed by atoms with E-state index in [1.807, 2.05) is 66.7 Å². The summed E-state index contributed by atoms with van der Waals surface area (Å²) < 4.78 is 16.6. The first-order chi connectivity index (χ1) is 15.1. The minimum Gasteiger partial charge on any atom is -0.485 e. The first-order valence-electron chi connectivity index (χ1n) is 10.1. The molecule has 0 saturated carbocycles. The number of nitrogens with one attached hydrogen (secondary N) is 1. The number of para-hydroxylation sites is 2. The summed E-state index contributed by atoms with van der Waals surface area (Å²) in [7, 11) is 0. The van der Waals surface area contributed by atoms with Gasteiger partial charge in [0.15, 0.2) is 17.6 Å². The third-order valence-electron chi connectivity index (χ3n) is 4.99. The molecule has 0 unspecified atom stereocenters. The van der Waals surface area contributed by atoms with Crippen molar-refractivity contribution in [1.29, 1.82) is 0 Å². The first-order valence-corrected chi connectivity index (χ1v) is 10.1. The Morgan fingerprint density at radius 3 is 2.03 bits per heavy atom. The highest BCUT2D eigenvalue weighted by Crippen LogP contribution is 2.31. The lowest BCUT2D eigenvalue weighted by Gasteiger charge is -2.26. The van der Waals surface area contributed by atoms with Crippen molar-refractivity contribution in [2.24, 2.45) is 0 Å². The molecule has 0 aromatic heterocycles. The summed E-state index contributed by atoms with van der Waals surface area (Å²) in [5.41, 5.74) is 1.86. The number of benzene rings is 3. The second-order valence-electron chi connectivity index (χ2n) is 7.21. The number of fused-ring (bicyclic) bond motifs is 1. The van der Waals surface area contributed by atoms with Crippen LogP contribution in [0.4, 0.5) is 0 Å².